The first-order valence-corrected chi connectivity index (χ1v) is 7.29. The van der Waals surface area contributed by atoms with Gasteiger partial charge >= 0.3 is 0 Å². The number of hydrogen-bond acceptors (Lipinski definition) is 8. The summed E-state index contributed by atoms with van der Waals surface area (Å²) in [6.45, 7) is -0.608. The van der Waals surface area contributed by atoms with Crippen LogP contribution in [0.5, 0.6) is 0 Å². The maximum atomic E-state index is 10.3. The summed E-state index contributed by atoms with van der Waals surface area (Å²) in [7, 11) is 0. The van der Waals surface area contributed by atoms with Crippen LogP contribution in [0, 0.1) is 0 Å². The predicted molar refractivity (Wildman–Crippen MR) is 77.6 cm³/mol. The van der Waals surface area contributed by atoms with Gasteiger partial charge in [-0.05, 0) is 6.07 Å². The van der Waals surface area contributed by atoms with Gasteiger partial charge in [-0.3, -0.25) is 0 Å². The van der Waals surface area contributed by atoms with Gasteiger partial charge in [0.05, 0.1) is 12.0 Å². The van der Waals surface area contributed by atoms with E-state index in [0.717, 1.165) is 0 Å². The number of ether oxygens (including phenoxy) is 1. The third kappa shape index (κ3) is 2.70. The highest BCUT2D eigenvalue weighted by atomic mass is 35.5. The van der Waals surface area contributed by atoms with E-state index in [0.29, 0.717) is 11.0 Å². The lowest BCUT2D eigenvalue weighted by Gasteiger charge is -2.27. The summed E-state index contributed by atoms with van der Waals surface area (Å²) in [6, 6.07) is 1.60. The van der Waals surface area contributed by atoms with Crippen molar-refractivity contribution in [3.8, 4) is 0 Å². The third-order valence-electron chi connectivity index (χ3n) is 3.95. The largest absolute Gasteiger partial charge is 0.394 e. The van der Waals surface area contributed by atoms with Gasteiger partial charge in [-0.1, -0.05) is 11.6 Å². The molecule has 0 spiro atoms. The van der Waals surface area contributed by atoms with Crippen LogP contribution in [0.4, 0.5) is 0 Å². The Labute approximate surface area is 135 Å². The van der Waals surface area contributed by atoms with Crippen LogP contribution in [-0.4, -0.2) is 77.2 Å². The molecule has 126 valence electrons. The van der Waals surface area contributed by atoms with Crippen molar-refractivity contribution in [2.45, 2.75) is 36.7 Å². The van der Waals surface area contributed by atoms with Gasteiger partial charge in [-0.2, -0.15) is 0 Å². The molecule has 0 radical (unpaired) electrons. The molecule has 1 saturated heterocycles. The molecule has 1 aliphatic rings. The molecule has 0 amide bonds. The Balaban J connectivity index is 2.06. The maximum absolute atomic E-state index is 10.3. The van der Waals surface area contributed by atoms with Crippen LogP contribution in [0.25, 0.3) is 11.0 Å². The molecule has 10 heteroatoms. The highest BCUT2D eigenvalue weighted by molar-refractivity contribution is 6.33. The number of hydrogen-bond donors (Lipinski definition) is 5. The van der Waals surface area contributed by atoms with Crippen LogP contribution >= 0.6 is 11.6 Å². The second kappa shape index (κ2) is 6.29. The van der Waals surface area contributed by atoms with E-state index in [4.69, 9.17) is 16.3 Å². The minimum Gasteiger partial charge on any atom is -0.394 e. The van der Waals surface area contributed by atoms with Gasteiger partial charge in [0.2, 0.25) is 0 Å². The first-order chi connectivity index (χ1) is 11.0. The SMILES string of the molecule is OC[C@H]1O[C@@H](n2ccc3c(Cl)ncnc32)[C@H](O)[C@H](O)[C@@H](O)[C@@H]1O. The monoisotopic (exact) mass is 345 g/mol. The lowest BCUT2D eigenvalue weighted by molar-refractivity contribution is -0.149. The fourth-order valence-electron chi connectivity index (χ4n) is 2.66. The highest BCUT2D eigenvalue weighted by Crippen LogP contribution is 2.31. The van der Waals surface area contributed by atoms with Crippen LogP contribution in [-0.2, 0) is 4.74 Å². The van der Waals surface area contributed by atoms with Crippen molar-refractivity contribution in [1.29, 1.82) is 0 Å². The van der Waals surface area contributed by atoms with E-state index >= 15 is 0 Å². The highest BCUT2D eigenvalue weighted by Gasteiger charge is 2.45. The van der Waals surface area contributed by atoms with E-state index in [2.05, 4.69) is 9.97 Å². The number of nitrogens with zero attached hydrogens (tertiary/aromatic N) is 3. The number of aromatic nitrogens is 3. The zero-order valence-electron chi connectivity index (χ0n) is 11.8. The summed E-state index contributed by atoms with van der Waals surface area (Å²) >= 11 is 5.97. The van der Waals surface area contributed by atoms with E-state index in [1.165, 1.54) is 17.1 Å². The zero-order valence-corrected chi connectivity index (χ0v) is 12.5. The Kier molecular flexibility index (Phi) is 4.52. The van der Waals surface area contributed by atoms with Crippen molar-refractivity contribution < 1.29 is 30.3 Å². The quantitative estimate of drug-likeness (QED) is 0.411. The van der Waals surface area contributed by atoms with Crippen LogP contribution < -0.4 is 0 Å². The van der Waals surface area contributed by atoms with E-state index in [1.807, 2.05) is 0 Å². The summed E-state index contributed by atoms with van der Waals surface area (Å²) in [5, 5.41) is 50.1. The summed E-state index contributed by atoms with van der Waals surface area (Å²) in [5.41, 5.74) is 0.337. The van der Waals surface area contributed by atoms with E-state index in [1.54, 1.807) is 6.07 Å². The molecular formula is C13H16ClN3O6. The van der Waals surface area contributed by atoms with Crippen molar-refractivity contribution in [3.63, 3.8) is 0 Å². The second-order valence-electron chi connectivity index (χ2n) is 5.33. The molecule has 3 rings (SSSR count). The smallest absolute Gasteiger partial charge is 0.164 e. The molecule has 0 bridgehead atoms. The molecule has 5 N–H and O–H groups in total. The molecule has 9 nitrogen and oxygen atoms in total. The first kappa shape index (κ1) is 16.5. The average Bonchev–Trinajstić information content (AvgIpc) is 2.95. The van der Waals surface area contributed by atoms with Gasteiger partial charge in [0.15, 0.2) is 6.23 Å². The van der Waals surface area contributed by atoms with E-state index in [-0.39, 0.29) is 5.15 Å². The molecule has 2 aromatic heterocycles. The molecule has 2 aromatic rings. The second-order valence-corrected chi connectivity index (χ2v) is 5.69. The standard InChI is InChI=1S/C13H16ClN3O6/c14-11-5-1-2-17(12(5)16-4-15-11)13-10(22)9(21)8(20)7(19)6(3-18)23-13/h1-2,4,6-10,13,18-22H,3H2/t6-,7-,8+,9-,10-,13-/m1/s1. The molecule has 1 fully saturated rings. The number of halogens is 1. The molecular weight excluding hydrogens is 330 g/mol. The zero-order chi connectivity index (χ0) is 16.7. The maximum Gasteiger partial charge on any atom is 0.164 e. The Morgan fingerprint density at radius 1 is 1.09 bits per heavy atom. The molecule has 0 saturated carbocycles. The minimum atomic E-state index is -1.68. The lowest BCUT2D eigenvalue weighted by Crippen LogP contribution is -2.47. The van der Waals surface area contributed by atoms with Crippen LogP contribution in [0.3, 0.4) is 0 Å². The first-order valence-electron chi connectivity index (χ1n) is 6.91. The van der Waals surface area contributed by atoms with Gasteiger partial charge in [-0.25, -0.2) is 9.97 Å². The van der Waals surface area contributed by atoms with Crippen molar-refractivity contribution in [1.82, 2.24) is 14.5 Å². The normalized spacial score (nSPS) is 35.4. The summed E-state index contributed by atoms with van der Waals surface area (Å²) < 4.78 is 6.90. The fraction of sp³-hybridized carbons (Fsp3) is 0.538. The Bertz CT molecular complexity index is 695. The average molecular weight is 346 g/mol. The number of aliphatic hydroxyl groups is 5. The molecule has 1 aliphatic heterocycles. The van der Waals surface area contributed by atoms with Gasteiger partial charge in [-0.15, -0.1) is 0 Å². The van der Waals surface area contributed by atoms with Crippen LogP contribution in [0.1, 0.15) is 6.23 Å². The van der Waals surface area contributed by atoms with Gasteiger partial charge < -0.3 is 34.8 Å². The van der Waals surface area contributed by atoms with Crippen molar-refractivity contribution >= 4 is 22.6 Å². The Morgan fingerprint density at radius 2 is 1.78 bits per heavy atom. The fourth-order valence-corrected chi connectivity index (χ4v) is 2.85. The van der Waals surface area contributed by atoms with Gasteiger partial charge in [0.25, 0.3) is 0 Å². The summed E-state index contributed by atoms with van der Waals surface area (Å²) in [5.74, 6) is 0. The molecule has 3 heterocycles. The molecule has 0 unspecified atom stereocenters. The summed E-state index contributed by atoms with van der Waals surface area (Å²) in [4.78, 5) is 7.91. The summed E-state index contributed by atoms with van der Waals surface area (Å²) in [6.07, 6.45) is -6.13. The van der Waals surface area contributed by atoms with Crippen LogP contribution in [0.15, 0.2) is 18.6 Å². The van der Waals surface area contributed by atoms with Gasteiger partial charge in [0.1, 0.15) is 47.6 Å². The number of rotatable bonds is 2. The Hall–Kier alpha value is -1.33. The lowest BCUT2D eigenvalue weighted by atomic mass is 10.0. The van der Waals surface area contributed by atoms with Crippen LogP contribution in [0.2, 0.25) is 5.15 Å². The van der Waals surface area contributed by atoms with Crippen molar-refractivity contribution in [2.75, 3.05) is 6.61 Å². The number of aliphatic hydroxyl groups excluding tert-OH is 5. The minimum absolute atomic E-state index is 0.205. The number of fused-ring (bicyclic) bond motifs is 1. The third-order valence-corrected chi connectivity index (χ3v) is 4.25. The molecule has 0 aromatic carbocycles. The molecule has 0 aliphatic carbocycles. The van der Waals surface area contributed by atoms with E-state index < -0.39 is 43.4 Å². The topological polar surface area (TPSA) is 141 Å². The molecule has 6 atom stereocenters. The Morgan fingerprint density at radius 3 is 2.48 bits per heavy atom. The van der Waals surface area contributed by atoms with E-state index in [9.17, 15) is 25.5 Å². The van der Waals surface area contributed by atoms with Gasteiger partial charge in [0, 0.05) is 6.20 Å². The predicted octanol–water partition coefficient (Wildman–Crippen LogP) is -1.58. The molecule has 23 heavy (non-hydrogen) atoms. The van der Waals surface area contributed by atoms with Crippen molar-refractivity contribution in [3.05, 3.63) is 23.7 Å². The van der Waals surface area contributed by atoms with Crippen molar-refractivity contribution in [2.24, 2.45) is 0 Å².